The largest absolute Gasteiger partial charge is 0.486 e. The number of carbonyl (C=O) groups excluding carboxylic acids is 1. The summed E-state index contributed by atoms with van der Waals surface area (Å²) in [5.74, 6) is 1.90. The van der Waals surface area contributed by atoms with Gasteiger partial charge in [0.2, 0.25) is 0 Å². The van der Waals surface area contributed by atoms with E-state index in [2.05, 4.69) is 4.98 Å². The maximum Gasteiger partial charge on any atom is 0.260 e. The van der Waals surface area contributed by atoms with E-state index in [0.29, 0.717) is 24.7 Å². The number of hydrogen-bond donors (Lipinski definition) is 0. The number of hydrogen-bond acceptors (Lipinski definition) is 5. The second kappa shape index (κ2) is 7.53. The van der Waals surface area contributed by atoms with Crippen LogP contribution in [0.2, 0.25) is 0 Å². The van der Waals surface area contributed by atoms with Gasteiger partial charge in [0.25, 0.3) is 5.91 Å². The maximum atomic E-state index is 12.5. The van der Waals surface area contributed by atoms with Crippen molar-refractivity contribution in [2.45, 2.75) is 6.10 Å². The van der Waals surface area contributed by atoms with E-state index in [1.54, 1.807) is 18.1 Å². The van der Waals surface area contributed by atoms with Crippen LogP contribution in [0.25, 0.3) is 10.9 Å². The Balaban J connectivity index is 1.34. The third kappa shape index (κ3) is 3.79. The van der Waals surface area contributed by atoms with Gasteiger partial charge in [-0.25, -0.2) is 0 Å². The first-order valence-corrected chi connectivity index (χ1v) is 8.80. The van der Waals surface area contributed by atoms with Crippen molar-refractivity contribution in [2.75, 3.05) is 26.8 Å². The average molecular weight is 364 g/mol. The highest BCUT2D eigenvalue weighted by Gasteiger charge is 2.24. The van der Waals surface area contributed by atoms with Crippen LogP contribution in [-0.2, 0) is 4.79 Å². The fourth-order valence-electron chi connectivity index (χ4n) is 3.00. The molecule has 0 radical (unpaired) electrons. The summed E-state index contributed by atoms with van der Waals surface area (Å²) in [5, 5.41) is 0.974. The zero-order valence-corrected chi connectivity index (χ0v) is 15.0. The van der Waals surface area contributed by atoms with Crippen LogP contribution in [0.4, 0.5) is 0 Å². The Morgan fingerprint density at radius 2 is 1.96 bits per heavy atom. The lowest BCUT2D eigenvalue weighted by Gasteiger charge is -2.29. The molecule has 0 saturated heterocycles. The minimum Gasteiger partial charge on any atom is -0.486 e. The van der Waals surface area contributed by atoms with Gasteiger partial charge < -0.3 is 19.1 Å². The first-order valence-electron chi connectivity index (χ1n) is 8.80. The first-order chi connectivity index (χ1) is 13.2. The topological polar surface area (TPSA) is 60.9 Å². The summed E-state index contributed by atoms with van der Waals surface area (Å²) in [6.45, 7) is 0.767. The van der Waals surface area contributed by atoms with Crippen molar-refractivity contribution in [2.24, 2.45) is 0 Å². The Kier molecular flexibility index (Phi) is 4.78. The lowest BCUT2D eigenvalue weighted by Crippen LogP contribution is -2.43. The number of pyridine rings is 1. The molecule has 1 aliphatic heterocycles. The number of ether oxygens (including phenoxy) is 3. The molecule has 0 N–H and O–H groups in total. The van der Waals surface area contributed by atoms with Gasteiger partial charge in [0, 0.05) is 18.6 Å². The number of aromatic nitrogens is 1. The van der Waals surface area contributed by atoms with Crippen LogP contribution in [0.5, 0.6) is 17.2 Å². The number of amides is 1. The molecular formula is C21H20N2O4. The molecule has 1 aliphatic rings. The van der Waals surface area contributed by atoms with Gasteiger partial charge in [-0.15, -0.1) is 0 Å². The van der Waals surface area contributed by atoms with E-state index in [1.165, 1.54) is 0 Å². The fourth-order valence-corrected chi connectivity index (χ4v) is 3.00. The molecule has 0 spiro atoms. The minimum absolute atomic E-state index is 0.0592. The summed E-state index contributed by atoms with van der Waals surface area (Å²) in [6, 6.07) is 17.0. The molecule has 27 heavy (non-hydrogen) atoms. The predicted octanol–water partition coefficient (Wildman–Crippen LogP) is 2.91. The molecule has 1 amide bonds. The van der Waals surface area contributed by atoms with E-state index in [0.717, 1.165) is 16.7 Å². The van der Waals surface area contributed by atoms with Gasteiger partial charge in [0.1, 0.15) is 17.9 Å². The zero-order valence-electron chi connectivity index (χ0n) is 15.0. The smallest absolute Gasteiger partial charge is 0.260 e. The van der Waals surface area contributed by atoms with Crippen molar-refractivity contribution < 1.29 is 19.0 Å². The number of benzene rings is 2. The van der Waals surface area contributed by atoms with Crippen molar-refractivity contribution in [3.8, 4) is 17.2 Å². The number of carbonyl (C=O) groups is 1. The Morgan fingerprint density at radius 1 is 1.15 bits per heavy atom. The quantitative estimate of drug-likeness (QED) is 0.697. The van der Waals surface area contributed by atoms with E-state index >= 15 is 0 Å². The van der Waals surface area contributed by atoms with E-state index in [4.69, 9.17) is 14.2 Å². The summed E-state index contributed by atoms with van der Waals surface area (Å²) in [7, 11) is 1.73. The van der Waals surface area contributed by atoms with E-state index in [-0.39, 0.29) is 18.6 Å². The van der Waals surface area contributed by atoms with Gasteiger partial charge in [-0.3, -0.25) is 9.78 Å². The molecule has 6 nitrogen and oxygen atoms in total. The third-order valence-electron chi connectivity index (χ3n) is 4.42. The van der Waals surface area contributed by atoms with Crippen molar-refractivity contribution in [3.63, 3.8) is 0 Å². The molecular weight excluding hydrogens is 344 g/mol. The fraction of sp³-hybridized carbons (Fsp3) is 0.238. The highest BCUT2D eigenvalue weighted by atomic mass is 16.6. The zero-order chi connectivity index (χ0) is 18.6. The number of rotatable bonds is 5. The van der Waals surface area contributed by atoms with Crippen LogP contribution in [0, 0.1) is 0 Å². The molecule has 0 fully saturated rings. The van der Waals surface area contributed by atoms with E-state index in [1.807, 2.05) is 54.6 Å². The van der Waals surface area contributed by atoms with Crippen molar-refractivity contribution in [3.05, 3.63) is 60.8 Å². The molecule has 6 heteroatoms. The second-order valence-corrected chi connectivity index (χ2v) is 6.39. The summed E-state index contributed by atoms with van der Waals surface area (Å²) >= 11 is 0. The molecule has 2 heterocycles. The lowest BCUT2D eigenvalue weighted by atomic mass is 10.2. The van der Waals surface area contributed by atoms with Crippen molar-refractivity contribution >= 4 is 16.8 Å². The van der Waals surface area contributed by atoms with Crippen molar-refractivity contribution in [1.29, 1.82) is 0 Å². The third-order valence-corrected chi connectivity index (χ3v) is 4.42. The van der Waals surface area contributed by atoms with Gasteiger partial charge in [0.05, 0.1) is 6.54 Å². The Bertz CT molecular complexity index is 954. The van der Waals surface area contributed by atoms with Crippen LogP contribution in [0.15, 0.2) is 60.8 Å². The molecule has 0 unspecified atom stereocenters. The van der Waals surface area contributed by atoms with Crippen LogP contribution in [0.1, 0.15) is 0 Å². The molecule has 1 atom stereocenters. The molecule has 3 aromatic rings. The summed E-state index contributed by atoms with van der Waals surface area (Å²) in [5.41, 5.74) is 0.746. The predicted molar refractivity (Wildman–Crippen MR) is 101 cm³/mol. The SMILES string of the molecule is CN(C[C@H]1COc2ccccc2O1)C(=O)COc1cccc2cccnc12. The number of nitrogens with zero attached hydrogens (tertiary/aromatic N) is 2. The summed E-state index contributed by atoms with van der Waals surface area (Å²) < 4.78 is 17.3. The Hall–Kier alpha value is -3.28. The van der Waals surface area contributed by atoms with Gasteiger partial charge in [-0.05, 0) is 24.3 Å². The molecule has 0 saturated carbocycles. The first kappa shape index (κ1) is 17.1. The average Bonchev–Trinajstić information content (AvgIpc) is 2.71. The normalized spacial score (nSPS) is 15.4. The lowest BCUT2D eigenvalue weighted by molar-refractivity contribution is -0.133. The van der Waals surface area contributed by atoms with Gasteiger partial charge in [0.15, 0.2) is 24.2 Å². The van der Waals surface area contributed by atoms with Crippen LogP contribution >= 0.6 is 0 Å². The second-order valence-electron chi connectivity index (χ2n) is 6.39. The van der Waals surface area contributed by atoms with Gasteiger partial charge in [-0.1, -0.05) is 30.3 Å². The molecule has 4 rings (SSSR count). The van der Waals surface area contributed by atoms with E-state index < -0.39 is 0 Å². The van der Waals surface area contributed by atoms with Gasteiger partial charge in [-0.2, -0.15) is 0 Å². The summed E-state index contributed by atoms with van der Waals surface area (Å²) in [4.78, 5) is 18.4. The van der Waals surface area contributed by atoms with Gasteiger partial charge >= 0.3 is 0 Å². The molecule has 138 valence electrons. The van der Waals surface area contributed by atoms with Crippen LogP contribution < -0.4 is 14.2 Å². The van der Waals surface area contributed by atoms with Crippen LogP contribution in [0.3, 0.4) is 0 Å². The highest BCUT2D eigenvalue weighted by molar-refractivity contribution is 5.85. The van der Waals surface area contributed by atoms with Crippen molar-refractivity contribution in [1.82, 2.24) is 9.88 Å². The number of para-hydroxylation sites is 3. The summed E-state index contributed by atoms with van der Waals surface area (Å²) in [6.07, 6.45) is 1.49. The number of likely N-dealkylation sites (N-methyl/N-ethyl adjacent to an activating group) is 1. The standard InChI is InChI=1S/C21H20N2O4/c1-23(12-16-13-25-17-8-2-3-9-18(17)27-16)20(24)14-26-19-10-4-6-15-7-5-11-22-21(15)19/h2-11,16H,12-14H2,1H3/t16-/m0/s1. The Morgan fingerprint density at radius 3 is 2.85 bits per heavy atom. The Labute approximate surface area is 157 Å². The minimum atomic E-state index is -0.215. The number of fused-ring (bicyclic) bond motifs is 2. The molecule has 0 bridgehead atoms. The molecule has 0 aliphatic carbocycles. The molecule has 2 aromatic carbocycles. The van der Waals surface area contributed by atoms with Crippen LogP contribution in [-0.4, -0.2) is 48.7 Å². The molecule has 1 aromatic heterocycles. The highest BCUT2D eigenvalue weighted by Crippen LogP contribution is 2.31. The van der Waals surface area contributed by atoms with E-state index in [9.17, 15) is 4.79 Å². The monoisotopic (exact) mass is 364 g/mol. The maximum absolute atomic E-state index is 12.5.